The minimum Gasteiger partial charge on any atom is -0.481 e. The van der Waals surface area contributed by atoms with Gasteiger partial charge in [-0.25, -0.2) is 4.98 Å². The van der Waals surface area contributed by atoms with E-state index in [1.165, 1.54) is 11.1 Å². The Kier molecular flexibility index (Phi) is 4.93. The average Bonchev–Trinajstić information content (AvgIpc) is 2.48. The largest absolute Gasteiger partial charge is 0.481 e. The van der Waals surface area contributed by atoms with Gasteiger partial charge in [-0.3, -0.25) is 0 Å². The molecule has 1 aromatic carbocycles. The molecule has 0 saturated carbocycles. The molecule has 0 aliphatic carbocycles. The molecule has 100 valence electrons. The maximum Gasteiger partial charge on any atom is 0.213 e. The van der Waals surface area contributed by atoms with Crippen LogP contribution in [-0.4, -0.2) is 18.6 Å². The van der Waals surface area contributed by atoms with Crippen LogP contribution in [0.25, 0.3) is 0 Å². The van der Waals surface area contributed by atoms with Crippen LogP contribution in [0.2, 0.25) is 0 Å². The van der Waals surface area contributed by atoms with Crippen molar-refractivity contribution in [1.29, 1.82) is 0 Å². The molecule has 1 heterocycles. The number of aromatic nitrogens is 1. The van der Waals surface area contributed by atoms with Crippen molar-refractivity contribution in [2.45, 2.75) is 19.4 Å². The van der Waals surface area contributed by atoms with Gasteiger partial charge in [-0.15, -0.1) is 0 Å². The van der Waals surface area contributed by atoms with Gasteiger partial charge in [0.1, 0.15) is 0 Å². The number of rotatable bonds is 6. The van der Waals surface area contributed by atoms with Crippen molar-refractivity contribution in [1.82, 2.24) is 10.3 Å². The molecule has 2 rings (SSSR count). The average molecular weight is 256 g/mol. The van der Waals surface area contributed by atoms with Crippen molar-refractivity contribution in [3.05, 3.63) is 59.8 Å². The van der Waals surface area contributed by atoms with Gasteiger partial charge in [0.15, 0.2) is 0 Å². The highest BCUT2D eigenvalue weighted by molar-refractivity contribution is 5.21. The summed E-state index contributed by atoms with van der Waals surface area (Å²) in [6, 6.07) is 14.5. The number of pyridine rings is 1. The second-order valence-electron chi connectivity index (χ2n) is 4.65. The summed E-state index contributed by atoms with van der Waals surface area (Å²) in [6.45, 7) is 4.01. The number of nitrogens with zero attached hydrogens (tertiary/aromatic N) is 1. The van der Waals surface area contributed by atoms with E-state index in [0.29, 0.717) is 11.8 Å². The van der Waals surface area contributed by atoms with Gasteiger partial charge in [0.05, 0.1) is 7.11 Å². The molecule has 0 bridgehead atoms. The highest BCUT2D eigenvalue weighted by Gasteiger charge is 2.04. The predicted octanol–water partition coefficient (Wildman–Crippen LogP) is 2.98. The Balaban J connectivity index is 1.83. The Labute approximate surface area is 114 Å². The van der Waals surface area contributed by atoms with Crippen molar-refractivity contribution in [2.24, 2.45) is 0 Å². The molecule has 3 nitrogen and oxygen atoms in total. The van der Waals surface area contributed by atoms with Crippen LogP contribution in [0.4, 0.5) is 0 Å². The monoisotopic (exact) mass is 256 g/mol. The lowest BCUT2D eigenvalue weighted by molar-refractivity contribution is 0.397. The molecule has 0 aliphatic rings. The van der Waals surface area contributed by atoms with E-state index in [9.17, 15) is 0 Å². The molecule has 0 saturated heterocycles. The molecular formula is C16H20N2O. The maximum atomic E-state index is 5.11. The van der Waals surface area contributed by atoms with E-state index in [0.717, 1.165) is 13.1 Å². The molecule has 19 heavy (non-hydrogen) atoms. The Morgan fingerprint density at radius 1 is 1.21 bits per heavy atom. The first-order valence-electron chi connectivity index (χ1n) is 6.54. The molecule has 1 N–H and O–H groups in total. The van der Waals surface area contributed by atoms with Crippen molar-refractivity contribution < 1.29 is 4.74 Å². The van der Waals surface area contributed by atoms with E-state index in [-0.39, 0.29) is 0 Å². The normalized spacial score (nSPS) is 12.1. The van der Waals surface area contributed by atoms with Crippen molar-refractivity contribution in [2.75, 3.05) is 13.7 Å². The number of benzene rings is 1. The second kappa shape index (κ2) is 6.90. The highest BCUT2D eigenvalue weighted by atomic mass is 16.5. The fraction of sp³-hybridized carbons (Fsp3) is 0.312. The van der Waals surface area contributed by atoms with Crippen molar-refractivity contribution in [3.63, 3.8) is 0 Å². The number of hydrogen-bond donors (Lipinski definition) is 1. The molecule has 3 heteroatoms. The van der Waals surface area contributed by atoms with Crippen LogP contribution >= 0.6 is 0 Å². The van der Waals surface area contributed by atoms with Gasteiger partial charge in [-0.05, 0) is 23.1 Å². The van der Waals surface area contributed by atoms with Gasteiger partial charge in [0, 0.05) is 25.4 Å². The minimum absolute atomic E-state index is 0.505. The topological polar surface area (TPSA) is 34.1 Å². The van der Waals surface area contributed by atoms with Crippen LogP contribution in [0.5, 0.6) is 5.88 Å². The van der Waals surface area contributed by atoms with Crippen LogP contribution in [0.3, 0.4) is 0 Å². The van der Waals surface area contributed by atoms with Gasteiger partial charge < -0.3 is 10.1 Å². The standard InChI is InChI=1S/C16H20N2O/c1-13(15-6-4-3-5-7-15)11-17-12-14-8-9-18-16(10-14)19-2/h3-10,13,17H,11-12H2,1-2H3. The predicted molar refractivity (Wildman–Crippen MR) is 77.4 cm³/mol. The zero-order valence-electron chi connectivity index (χ0n) is 11.5. The molecule has 1 unspecified atom stereocenters. The summed E-state index contributed by atoms with van der Waals surface area (Å²) in [5.74, 6) is 1.17. The molecular weight excluding hydrogens is 236 g/mol. The minimum atomic E-state index is 0.505. The van der Waals surface area contributed by atoms with E-state index < -0.39 is 0 Å². The van der Waals surface area contributed by atoms with E-state index in [4.69, 9.17) is 4.74 Å². The molecule has 0 fully saturated rings. The molecule has 0 spiro atoms. The molecule has 1 aromatic heterocycles. The lowest BCUT2D eigenvalue weighted by Crippen LogP contribution is -2.19. The fourth-order valence-corrected chi connectivity index (χ4v) is 2.00. The first kappa shape index (κ1) is 13.6. The van der Waals surface area contributed by atoms with E-state index in [1.54, 1.807) is 13.3 Å². The van der Waals surface area contributed by atoms with Crippen molar-refractivity contribution in [3.8, 4) is 5.88 Å². The van der Waals surface area contributed by atoms with Crippen LogP contribution in [0.1, 0.15) is 24.0 Å². The van der Waals surface area contributed by atoms with E-state index in [2.05, 4.69) is 41.5 Å². The number of methoxy groups -OCH3 is 1. The fourth-order valence-electron chi connectivity index (χ4n) is 2.00. The van der Waals surface area contributed by atoms with Crippen molar-refractivity contribution >= 4 is 0 Å². The first-order valence-corrected chi connectivity index (χ1v) is 6.54. The van der Waals surface area contributed by atoms with Crippen LogP contribution in [0, 0.1) is 0 Å². The Bertz CT molecular complexity index is 499. The smallest absolute Gasteiger partial charge is 0.213 e. The highest BCUT2D eigenvalue weighted by Crippen LogP contribution is 2.13. The summed E-state index contributed by atoms with van der Waals surface area (Å²) in [5, 5.41) is 3.47. The SMILES string of the molecule is COc1cc(CNCC(C)c2ccccc2)ccn1. The lowest BCUT2D eigenvalue weighted by Gasteiger charge is -2.13. The summed E-state index contributed by atoms with van der Waals surface area (Å²) in [5.41, 5.74) is 2.55. The van der Waals surface area contributed by atoms with Gasteiger partial charge in [0.25, 0.3) is 0 Å². The third-order valence-corrected chi connectivity index (χ3v) is 3.16. The van der Waals surface area contributed by atoms with Gasteiger partial charge in [0.2, 0.25) is 5.88 Å². The summed E-state index contributed by atoms with van der Waals surface area (Å²) >= 11 is 0. The first-order chi connectivity index (χ1) is 9.29. The zero-order valence-corrected chi connectivity index (χ0v) is 11.5. The lowest BCUT2D eigenvalue weighted by atomic mass is 10.0. The summed E-state index contributed by atoms with van der Waals surface area (Å²) in [4.78, 5) is 4.10. The van der Waals surface area contributed by atoms with E-state index in [1.807, 2.05) is 18.2 Å². The Morgan fingerprint density at radius 3 is 2.74 bits per heavy atom. The number of hydrogen-bond acceptors (Lipinski definition) is 3. The Hall–Kier alpha value is -1.87. The summed E-state index contributed by atoms with van der Waals surface area (Å²) in [7, 11) is 1.64. The van der Waals surface area contributed by atoms with Gasteiger partial charge in [-0.2, -0.15) is 0 Å². The quantitative estimate of drug-likeness (QED) is 0.862. The maximum absolute atomic E-state index is 5.11. The second-order valence-corrected chi connectivity index (χ2v) is 4.65. The third kappa shape index (κ3) is 4.07. The number of ether oxygens (including phenoxy) is 1. The number of nitrogens with one attached hydrogen (secondary N) is 1. The Morgan fingerprint density at radius 2 is 2.00 bits per heavy atom. The zero-order chi connectivity index (χ0) is 13.5. The summed E-state index contributed by atoms with van der Waals surface area (Å²) in [6.07, 6.45) is 1.77. The summed E-state index contributed by atoms with van der Waals surface area (Å²) < 4.78 is 5.11. The van der Waals surface area contributed by atoms with Gasteiger partial charge in [-0.1, -0.05) is 37.3 Å². The van der Waals surface area contributed by atoms with Crippen LogP contribution in [0.15, 0.2) is 48.7 Å². The molecule has 0 radical (unpaired) electrons. The van der Waals surface area contributed by atoms with Crippen LogP contribution < -0.4 is 10.1 Å². The molecule has 2 aromatic rings. The molecule has 0 aliphatic heterocycles. The van der Waals surface area contributed by atoms with E-state index >= 15 is 0 Å². The van der Waals surface area contributed by atoms with Crippen LogP contribution in [-0.2, 0) is 6.54 Å². The third-order valence-electron chi connectivity index (χ3n) is 3.16. The van der Waals surface area contributed by atoms with Gasteiger partial charge >= 0.3 is 0 Å². The molecule has 1 atom stereocenters. The molecule has 0 amide bonds.